The van der Waals surface area contributed by atoms with Crippen molar-refractivity contribution in [1.82, 2.24) is 0 Å². The molecule has 5 heteroatoms. The Bertz CT molecular complexity index is 447. The van der Waals surface area contributed by atoms with Crippen molar-refractivity contribution in [2.45, 2.75) is 23.0 Å². The summed E-state index contributed by atoms with van der Waals surface area (Å²) < 4.78 is 42.1. The molecule has 88 valence electrons. The van der Waals surface area contributed by atoms with Gasteiger partial charge in [-0.3, -0.25) is 0 Å². The zero-order chi connectivity index (χ0) is 11.6. The van der Waals surface area contributed by atoms with Crippen LogP contribution in [-0.4, -0.2) is 26.9 Å². The van der Waals surface area contributed by atoms with Gasteiger partial charge in [-0.25, -0.2) is 12.8 Å². The Labute approximate surface area is 94.2 Å². The van der Waals surface area contributed by atoms with E-state index in [-0.39, 0.29) is 11.5 Å². The minimum absolute atomic E-state index is 0.171. The van der Waals surface area contributed by atoms with Crippen LogP contribution < -0.4 is 0 Å². The molecule has 3 nitrogen and oxygen atoms in total. The molecule has 0 spiro atoms. The molecule has 0 bridgehead atoms. The van der Waals surface area contributed by atoms with E-state index in [1.54, 1.807) is 0 Å². The molecule has 1 saturated heterocycles. The minimum Gasteiger partial charge on any atom is -0.380 e. The third-order valence-corrected chi connectivity index (χ3v) is 4.88. The van der Waals surface area contributed by atoms with Gasteiger partial charge in [0.05, 0.1) is 16.8 Å². The van der Waals surface area contributed by atoms with Gasteiger partial charge < -0.3 is 4.74 Å². The third-order valence-electron chi connectivity index (χ3n) is 2.70. The molecule has 1 aromatic rings. The van der Waals surface area contributed by atoms with E-state index in [0.717, 1.165) is 18.6 Å². The summed E-state index contributed by atoms with van der Waals surface area (Å²) in [5, 5.41) is -0.494. The molecule has 0 N–H and O–H groups in total. The first-order chi connectivity index (χ1) is 7.60. The second-order valence-electron chi connectivity index (χ2n) is 3.84. The maximum atomic E-state index is 12.7. The fourth-order valence-corrected chi connectivity index (χ4v) is 3.43. The molecule has 0 aliphatic carbocycles. The van der Waals surface area contributed by atoms with Crippen molar-refractivity contribution in [3.63, 3.8) is 0 Å². The van der Waals surface area contributed by atoms with Gasteiger partial charge in [0.25, 0.3) is 0 Å². The second kappa shape index (κ2) is 4.51. The van der Waals surface area contributed by atoms with E-state index >= 15 is 0 Å². The van der Waals surface area contributed by atoms with Crippen LogP contribution >= 0.6 is 0 Å². The molecule has 1 atom stereocenters. The lowest BCUT2D eigenvalue weighted by molar-refractivity contribution is 0.0991. The molecule has 1 aliphatic rings. The van der Waals surface area contributed by atoms with Crippen molar-refractivity contribution >= 4 is 9.84 Å². The van der Waals surface area contributed by atoms with Gasteiger partial charge in [-0.05, 0) is 37.1 Å². The lowest BCUT2D eigenvalue weighted by Gasteiger charge is -2.22. The van der Waals surface area contributed by atoms with Gasteiger partial charge in [-0.15, -0.1) is 0 Å². The largest absolute Gasteiger partial charge is 0.380 e. The van der Waals surface area contributed by atoms with E-state index in [4.69, 9.17) is 4.74 Å². The Morgan fingerprint density at radius 3 is 2.50 bits per heavy atom. The van der Waals surface area contributed by atoms with Crippen LogP contribution in [0.5, 0.6) is 0 Å². The Morgan fingerprint density at radius 1 is 1.25 bits per heavy atom. The summed E-state index contributed by atoms with van der Waals surface area (Å²) in [7, 11) is -3.37. The number of ether oxygens (including phenoxy) is 1. The van der Waals surface area contributed by atoms with Gasteiger partial charge in [-0.1, -0.05) is 0 Å². The van der Waals surface area contributed by atoms with Gasteiger partial charge in [0.2, 0.25) is 0 Å². The molecule has 1 aromatic carbocycles. The SMILES string of the molecule is O=S(=O)(c1ccc(F)cc1)C1CCCOC1. The van der Waals surface area contributed by atoms with E-state index in [1.807, 2.05) is 0 Å². The van der Waals surface area contributed by atoms with Gasteiger partial charge in [0.1, 0.15) is 5.82 Å². The number of hydrogen-bond acceptors (Lipinski definition) is 3. The summed E-state index contributed by atoms with van der Waals surface area (Å²) >= 11 is 0. The van der Waals surface area contributed by atoms with Gasteiger partial charge >= 0.3 is 0 Å². The fraction of sp³-hybridized carbons (Fsp3) is 0.455. The molecule has 0 radical (unpaired) electrons. The van der Waals surface area contributed by atoms with Crippen LogP contribution in [0.1, 0.15) is 12.8 Å². The summed E-state index contributed by atoms with van der Waals surface area (Å²) in [6.07, 6.45) is 1.37. The van der Waals surface area contributed by atoms with E-state index in [9.17, 15) is 12.8 Å². The number of sulfone groups is 1. The second-order valence-corrected chi connectivity index (χ2v) is 6.07. The predicted octanol–water partition coefficient (Wildman–Crippen LogP) is 1.78. The molecule has 1 unspecified atom stereocenters. The highest BCUT2D eigenvalue weighted by Crippen LogP contribution is 2.22. The zero-order valence-corrected chi connectivity index (χ0v) is 9.54. The summed E-state index contributed by atoms with van der Waals surface area (Å²) in [4.78, 5) is 0.171. The highest BCUT2D eigenvalue weighted by Gasteiger charge is 2.29. The first-order valence-electron chi connectivity index (χ1n) is 5.18. The van der Waals surface area contributed by atoms with Gasteiger partial charge in [0, 0.05) is 6.61 Å². The molecule has 1 fully saturated rings. The molecule has 16 heavy (non-hydrogen) atoms. The van der Waals surface area contributed by atoms with E-state index in [1.165, 1.54) is 12.1 Å². The molecule has 0 saturated carbocycles. The zero-order valence-electron chi connectivity index (χ0n) is 8.73. The Balaban J connectivity index is 2.27. The van der Waals surface area contributed by atoms with E-state index < -0.39 is 20.9 Å². The average Bonchev–Trinajstić information content (AvgIpc) is 2.31. The minimum atomic E-state index is -3.37. The number of hydrogen-bond donors (Lipinski definition) is 0. The maximum Gasteiger partial charge on any atom is 0.183 e. The van der Waals surface area contributed by atoms with Crippen molar-refractivity contribution in [1.29, 1.82) is 0 Å². The highest BCUT2D eigenvalue weighted by atomic mass is 32.2. The fourth-order valence-electron chi connectivity index (χ4n) is 1.77. The first kappa shape index (κ1) is 11.5. The molecule has 1 aliphatic heterocycles. The van der Waals surface area contributed by atoms with Crippen LogP contribution in [0.2, 0.25) is 0 Å². The number of benzene rings is 1. The summed E-state index contributed by atoms with van der Waals surface area (Å²) in [6.45, 7) is 0.856. The molecular formula is C11H13FO3S. The normalized spacial score (nSPS) is 21.9. The predicted molar refractivity (Wildman–Crippen MR) is 57.4 cm³/mol. The summed E-state index contributed by atoms with van der Waals surface area (Å²) in [5.74, 6) is -0.432. The lowest BCUT2D eigenvalue weighted by atomic mass is 10.2. The van der Waals surface area contributed by atoms with E-state index in [2.05, 4.69) is 0 Å². The Hall–Kier alpha value is -0.940. The molecule has 0 amide bonds. The van der Waals surface area contributed by atoms with Crippen molar-refractivity contribution < 1.29 is 17.5 Å². The smallest absolute Gasteiger partial charge is 0.183 e. The topological polar surface area (TPSA) is 43.4 Å². The summed E-state index contributed by atoms with van der Waals surface area (Å²) in [6, 6.07) is 4.94. The quantitative estimate of drug-likeness (QED) is 0.745. The first-order valence-corrected chi connectivity index (χ1v) is 6.72. The van der Waals surface area contributed by atoms with Crippen LogP contribution in [0.25, 0.3) is 0 Å². The number of halogens is 1. The van der Waals surface area contributed by atoms with Gasteiger partial charge in [-0.2, -0.15) is 0 Å². The Morgan fingerprint density at radius 2 is 1.94 bits per heavy atom. The van der Waals surface area contributed by atoms with Crippen molar-refractivity contribution in [3.05, 3.63) is 30.1 Å². The molecular weight excluding hydrogens is 231 g/mol. The molecule has 2 rings (SSSR count). The van der Waals surface area contributed by atoms with Crippen LogP contribution in [0, 0.1) is 5.82 Å². The molecule has 1 heterocycles. The lowest BCUT2D eigenvalue weighted by Crippen LogP contribution is -2.30. The third kappa shape index (κ3) is 2.25. The van der Waals surface area contributed by atoms with Gasteiger partial charge in [0.15, 0.2) is 9.84 Å². The van der Waals surface area contributed by atoms with Crippen LogP contribution in [-0.2, 0) is 14.6 Å². The highest BCUT2D eigenvalue weighted by molar-refractivity contribution is 7.92. The average molecular weight is 244 g/mol. The summed E-state index contributed by atoms with van der Waals surface area (Å²) in [5.41, 5.74) is 0. The van der Waals surface area contributed by atoms with Crippen molar-refractivity contribution in [3.8, 4) is 0 Å². The van der Waals surface area contributed by atoms with Crippen LogP contribution in [0.15, 0.2) is 29.2 Å². The Kier molecular flexibility index (Phi) is 3.25. The maximum absolute atomic E-state index is 12.7. The van der Waals surface area contributed by atoms with E-state index in [0.29, 0.717) is 13.0 Å². The standard InChI is InChI=1S/C11H13FO3S/c12-9-3-5-10(6-4-9)16(13,14)11-2-1-7-15-8-11/h3-6,11H,1-2,7-8H2. The monoisotopic (exact) mass is 244 g/mol. The van der Waals surface area contributed by atoms with Crippen LogP contribution in [0.3, 0.4) is 0 Å². The van der Waals surface area contributed by atoms with Crippen LogP contribution in [0.4, 0.5) is 4.39 Å². The number of rotatable bonds is 2. The van der Waals surface area contributed by atoms with Crippen molar-refractivity contribution in [2.24, 2.45) is 0 Å². The molecule has 0 aromatic heterocycles. The van der Waals surface area contributed by atoms with Crippen molar-refractivity contribution in [2.75, 3.05) is 13.2 Å².